The van der Waals surface area contributed by atoms with Gasteiger partial charge in [0.05, 0.1) is 0 Å². The molecule has 3 aromatic carbocycles. The maximum absolute atomic E-state index is 13.8. The monoisotopic (exact) mass is 414 g/mol. The summed E-state index contributed by atoms with van der Waals surface area (Å²) < 4.78 is 12.5. The minimum Gasteiger partial charge on any atom is -0.457 e. The standard InChI is InChI=1S/C28H30O3/c1-19-7-13-22(14-8-19)27(23-15-9-20(2)10-16-23)28(31-27,25(29)30-26(4,5)6)24-17-11-21(3)12-18-24/h7-18H,1-6H3. The first-order chi connectivity index (χ1) is 14.6. The largest absolute Gasteiger partial charge is 0.457 e. The summed E-state index contributed by atoms with van der Waals surface area (Å²) in [6.07, 6.45) is 0. The average molecular weight is 415 g/mol. The van der Waals surface area contributed by atoms with Crippen molar-refractivity contribution >= 4 is 5.97 Å². The van der Waals surface area contributed by atoms with Gasteiger partial charge in [0.1, 0.15) is 5.60 Å². The number of hydrogen-bond acceptors (Lipinski definition) is 3. The molecular formula is C28H30O3. The van der Waals surface area contributed by atoms with Crippen LogP contribution in [-0.4, -0.2) is 11.6 Å². The van der Waals surface area contributed by atoms with Crippen LogP contribution in [0.5, 0.6) is 0 Å². The molecule has 3 heteroatoms. The Balaban J connectivity index is 1.96. The highest BCUT2D eigenvalue weighted by Gasteiger charge is 2.78. The van der Waals surface area contributed by atoms with Crippen molar-refractivity contribution in [1.82, 2.24) is 0 Å². The lowest BCUT2D eigenvalue weighted by Gasteiger charge is -2.26. The molecule has 1 aliphatic heterocycles. The predicted molar refractivity (Wildman–Crippen MR) is 123 cm³/mol. The van der Waals surface area contributed by atoms with Gasteiger partial charge in [0.15, 0.2) is 5.60 Å². The van der Waals surface area contributed by atoms with E-state index in [4.69, 9.17) is 9.47 Å². The molecular weight excluding hydrogens is 384 g/mol. The van der Waals surface area contributed by atoms with Crippen LogP contribution in [0.3, 0.4) is 0 Å². The van der Waals surface area contributed by atoms with Crippen molar-refractivity contribution in [1.29, 1.82) is 0 Å². The smallest absolute Gasteiger partial charge is 0.347 e. The minimum absolute atomic E-state index is 0.370. The third kappa shape index (κ3) is 3.57. The molecule has 0 bridgehead atoms. The van der Waals surface area contributed by atoms with Crippen LogP contribution in [-0.2, 0) is 25.5 Å². The van der Waals surface area contributed by atoms with Crippen molar-refractivity contribution < 1.29 is 14.3 Å². The predicted octanol–water partition coefficient (Wildman–Crippen LogP) is 6.12. The molecule has 1 aliphatic rings. The fraction of sp³-hybridized carbons (Fsp3) is 0.321. The Morgan fingerprint density at radius 1 is 0.677 bits per heavy atom. The molecule has 0 aromatic heterocycles. The second kappa shape index (κ2) is 7.35. The van der Waals surface area contributed by atoms with E-state index < -0.39 is 16.8 Å². The van der Waals surface area contributed by atoms with E-state index in [1.54, 1.807) is 0 Å². The third-order valence-electron chi connectivity index (χ3n) is 5.82. The molecule has 0 aliphatic carbocycles. The number of hydrogen-bond donors (Lipinski definition) is 0. The molecule has 1 heterocycles. The van der Waals surface area contributed by atoms with Crippen molar-refractivity contribution in [2.75, 3.05) is 0 Å². The first-order valence-corrected chi connectivity index (χ1v) is 10.7. The molecule has 0 spiro atoms. The van der Waals surface area contributed by atoms with Gasteiger partial charge in [-0.1, -0.05) is 89.5 Å². The summed E-state index contributed by atoms with van der Waals surface area (Å²) in [5, 5.41) is 0. The summed E-state index contributed by atoms with van der Waals surface area (Å²) >= 11 is 0. The summed E-state index contributed by atoms with van der Waals surface area (Å²) in [6, 6.07) is 24.4. The first kappa shape index (κ1) is 21.3. The SMILES string of the molecule is Cc1ccc(C2(C(=O)OC(C)(C)C)OC2(c2ccc(C)cc2)c2ccc(C)cc2)cc1. The van der Waals surface area contributed by atoms with Gasteiger partial charge in [0, 0.05) is 0 Å². The quantitative estimate of drug-likeness (QED) is 0.381. The number of rotatable bonds is 4. The zero-order valence-corrected chi connectivity index (χ0v) is 19.2. The molecule has 0 radical (unpaired) electrons. The highest BCUT2D eigenvalue weighted by molar-refractivity contribution is 5.89. The summed E-state index contributed by atoms with van der Waals surface area (Å²) in [6.45, 7) is 11.8. The lowest BCUT2D eigenvalue weighted by molar-refractivity contribution is -0.162. The van der Waals surface area contributed by atoms with E-state index in [9.17, 15) is 4.79 Å². The summed E-state index contributed by atoms with van der Waals surface area (Å²) in [4.78, 5) is 13.8. The Kier molecular flexibility index (Phi) is 5.06. The number of carbonyl (C=O) groups excluding carboxylic acids is 1. The molecule has 160 valence electrons. The van der Waals surface area contributed by atoms with E-state index in [1.807, 2.05) is 52.0 Å². The molecule has 1 saturated heterocycles. The fourth-order valence-corrected chi connectivity index (χ4v) is 4.18. The fourth-order valence-electron chi connectivity index (χ4n) is 4.18. The average Bonchev–Trinajstić information content (AvgIpc) is 3.41. The van der Waals surface area contributed by atoms with Crippen molar-refractivity contribution in [3.05, 3.63) is 106 Å². The molecule has 1 fully saturated rings. The van der Waals surface area contributed by atoms with E-state index in [2.05, 4.69) is 62.4 Å². The van der Waals surface area contributed by atoms with E-state index >= 15 is 0 Å². The first-order valence-electron chi connectivity index (χ1n) is 10.7. The van der Waals surface area contributed by atoms with Gasteiger partial charge < -0.3 is 9.47 Å². The van der Waals surface area contributed by atoms with Crippen molar-refractivity contribution in [3.63, 3.8) is 0 Å². The molecule has 1 unspecified atom stereocenters. The Morgan fingerprint density at radius 3 is 1.39 bits per heavy atom. The molecule has 0 N–H and O–H groups in total. The van der Waals surface area contributed by atoms with Gasteiger partial charge >= 0.3 is 5.97 Å². The van der Waals surface area contributed by atoms with Gasteiger partial charge in [0.2, 0.25) is 5.60 Å². The lowest BCUT2D eigenvalue weighted by Crippen LogP contribution is -2.37. The number of benzene rings is 3. The molecule has 4 rings (SSSR count). The summed E-state index contributed by atoms with van der Waals surface area (Å²) in [5.41, 5.74) is 3.27. The van der Waals surface area contributed by atoms with Crippen LogP contribution in [0.1, 0.15) is 54.2 Å². The number of esters is 1. The molecule has 3 nitrogen and oxygen atoms in total. The van der Waals surface area contributed by atoms with Gasteiger partial charge in [-0.15, -0.1) is 0 Å². The number of carbonyl (C=O) groups is 1. The van der Waals surface area contributed by atoms with E-state index in [0.717, 1.165) is 33.4 Å². The molecule has 31 heavy (non-hydrogen) atoms. The molecule has 0 amide bonds. The molecule has 1 atom stereocenters. The maximum Gasteiger partial charge on any atom is 0.347 e. The van der Waals surface area contributed by atoms with Gasteiger partial charge in [-0.2, -0.15) is 0 Å². The van der Waals surface area contributed by atoms with Crippen molar-refractivity contribution in [2.24, 2.45) is 0 Å². The van der Waals surface area contributed by atoms with E-state index in [1.165, 1.54) is 0 Å². The highest BCUT2D eigenvalue weighted by Crippen LogP contribution is 2.66. The minimum atomic E-state index is -1.25. The van der Waals surface area contributed by atoms with Crippen LogP contribution in [0.15, 0.2) is 72.8 Å². The Bertz CT molecular complexity index is 1040. The maximum atomic E-state index is 13.8. The van der Waals surface area contributed by atoms with Crippen molar-refractivity contribution in [2.45, 2.75) is 58.3 Å². The third-order valence-corrected chi connectivity index (χ3v) is 5.82. The van der Waals surface area contributed by atoms with E-state index in [0.29, 0.717) is 0 Å². The van der Waals surface area contributed by atoms with Gasteiger partial charge in [-0.05, 0) is 58.2 Å². The number of epoxide rings is 1. The Morgan fingerprint density at radius 2 is 1.03 bits per heavy atom. The Hall–Kier alpha value is -2.91. The normalized spacial score (nSPS) is 19.7. The topological polar surface area (TPSA) is 38.8 Å². The van der Waals surface area contributed by atoms with Crippen LogP contribution in [0.25, 0.3) is 0 Å². The Labute approximate surface area is 185 Å². The second-order valence-electron chi connectivity index (χ2n) is 9.56. The van der Waals surface area contributed by atoms with Crippen molar-refractivity contribution in [3.8, 4) is 0 Å². The van der Waals surface area contributed by atoms with Crippen LogP contribution in [0.4, 0.5) is 0 Å². The second-order valence-corrected chi connectivity index (χ2v) is 9.56. The van der Waals surface area contributed by atoms with Gasteiger partial charge in [-0.25, -0.2) is 4.79 Å². The van der Waals surface area contributed by atoms with Crippen LogP contribution < -0.4 is 0 Å². The van der Waals surface area contributed by atoms with E-state index in [-0.39, 0.29) is 5.97 Å². The number of ether oxygens (including phenoxy) is 2. The van der Waals surface area contributed by atoms with Gasteiger partial charge in [-0.3, -0.25) is 0 Å². The molecule has 0 saturated carbocycles. The highest BCUT2D eigenvalue weighted by atomic mass is 16.7. The lowest BCUT2D eigenvalue weighted by atomic mass is 9.76. The van der Waals surface area contributed by atoms with Crippen LogP contribution in [0, 0.1) is 20.8 Å². The summed E-state index contributed by atoms with van der Waals surface area (Å²) in [7, 11) is 0. The zero-order chi connectivity index (χ0) is 22.4. The number of aryl methyl sites for hydroxylation is 3. The van der Waals surface area contributed by atoms with Crippen LogP contribution >= 0.6 is 0 Å². The van der Waals surface area contributed by atoms with Crippen LogP contribution in [0.2, 0.25) is 0 Å². The summed E-state index contributed by atoms with van der Waals surface area (Å²) in [5.74, 6) is -0.370. The zero-order valence-electron chi connectivity index (χ0n) is 19.2. The van der Waals surface area contributed by atoms with Gasteiger partial charge in [0.25, 0.3) is 0 Å². The molecule has 3 aromatic rings.